The van der Waals surface area contributed by atoms with Gasteiger partial charge >= 0.3 is 0 Å². The summed E-state index contributed by atoms with van der Waals surface area (Å²) in [5.74, 6) is 0.986. The molecule has 0 radical (unpaired) electrons. The Morgan fingerprint density at radius 1 is 1.44 bits per heavy atom. The number of methoxy groups -OCH3 is 1. The average molecular weight is 263 g/mol. The first-order valence-corrected chi connectivity index (χ1v) is 7.72. The van der Waals surface area contributed by atoms with Gasteiger partial charge in [0.1, 0.15) is 5.75 Å². The van der Waals surface area contributed by atoms with Crippen LogP contribution >= 0.6 is 11.8 Å². The summed E-state index contributed by atoms with van der Waals surface area (Å²) in [4.78, 5) is 0.164. The number of hydrogen-bond donors (Lipinski definition) is 1. The molecule has 1 fully saturated rings. The van der Waals surface area contributed by atoms with Crippen LogP contribution in [0.25, 0.3) is 0 Å². The van der Waals surface area contributed by atoms with E-state index in [-0.39, 0.29) is 4.87 Å². The van der Waals surface area contributed by atoms with Gasteiger partial charge in [0.05, 0.1) is 12.0 Å². The molecule has 3 heteroatoms. The fraction of sp³-hybridized carbons (Fsp3) is 0.600. The highest BCUT2D eigenvalue weighted by atomic mass is 32.2. The number of nitrogens with one attached hydrogen (secondary N) is 1. The molecule has 1 spiro atoms. The second kappa shape index (κ2) is 4.78. The van der Waals surface area contributed by atoms with Crippen molar-refractivity contribution < 1.29 is 4.74 Å². The zero-order valence-corrected chi connectivity index (χ0v) is 12.0. The highest BCUT2D eigenvalue weighted by molar-refractivity contribution is 8.00. The van der Waals surface area contributed by atoms with E-state index >= 15 is 0 Å². The van der Waals surface area contributed by atoms with E-state index in [0.717, 1.165) is 17.5 Å². The van der Waals surface area contributed by atoms with Crippen molar-refractivity contribution in [1.82, 2.24) is 5.32 Å². The standard InChI is InChI=1S/C15H21NOS/c1-11-7-9-16-15(18-11)8-3-4-12-10-13(17-2)5-6-14(12)15/h5-6,10-11,16H,3-4,7-9H2,1-2H3. The van der Waals surface area contributed by atoms with Crippen molar-refractivity contribution in [1.29, 1.82) is 0 Å². The summed E-state index contributed by atoms with van der Waals surface area (Å²) >= 11 is 2.11. The molecule has 18 heavy (non-hydrogen) atoms. The first kappa shape index (κ1) is 12.4. The Kier molecular flexibility index (Phi) is 3.29. The molecule has 2 aliphatic rings. The molecule has 1 N–H and O–H groups in total. The van der Waals surface area contributed by atoms with Gasteiger partial charge in [-0.3, -0.25) is 5.32 Å². The lowest BCUT2D eigenvalue weighted by Gasteiger charge is -2.44. The normalized spacial score (nSPS) is 31.1. The molecule has 1 aliphatic carbocycles. The maximum Gasteiger partial charge on any atom is 0.119 e. The Balaban J connectivity index is 2.00. The second-order valence-corrected chi connectivity index (χ2v) is 7.08. The summed E-state index contributed by atoms with van der Waals surface area (Å²) in [7, 11) is 1.75. The first-order valence-electron chi connectivity index (χ1n) is 6.84. The van der Waals surface area contributed by atoms with Crippen molar-refractivity contribution >= 4 is 11.8 Å². The third kappa shape index (κ3) is 2.04. The van der Waals surface area contributed by atoms with Gasteiger partial charge in [-0.15, -0.1) is 11.8 Å². The molecule has 98 valence electrons. The SMILES string of the molecule is COc1ccc2c(c1)CCCC21NCCC(C)S1. The molecule has 1 aromatic rings. The minimum atomic E-state index is 0.164. The minimum Gasteiger partial charge on any atom is -0.497 e. The average Bonchev–Trinajstić information content (AvgIpc) is 2.38. The third-order valence-corrected chi connectivity index (χ3v) is 5.70. The van der Waals surface area contributed by atoms with E-state index in [2.05, 4.69) is 42.2 Å². The van der Waals surface area contributed by atoms with E-state index in [0.29, 0.717) is 0 Å². The van der Waals surface area contributed by atoms with Crippen LogP contribution in [0.3, 0.4) is 0 Å². The van der Waals surface area contributed by atoms with Gasteiger partial charge in [-0.1, -0.05) is 13.0 Å². The highest BCUT2D eigenvalue weighted by Gasteiger charge is 2.40. The second-order valence-electron chi connectivity index (χ2n) is 5.35. The maximum atomic E-state index is 5.35. The van der Waals surface area contributed by atoms with Gasteiger partial charge in [-0.05, 0) is 55.5 Å². The molecule has 0 bridgehead atoms. The molecule has 2 atom stereocenters. The zero-order chi connectivity index (χ0) is 12.6. The van der Waals surface area contributed by atoms with Gasteiger partial charge in [0.25, 0.3) is 0 Å². The van der Waals surface area contributed by atoms with Gasteiger partial charge in [0.2, 0.25) is 0 Å². The molecule has 0 aromatic heterocycles. The van der Waals surface area contributed by atoms with Crippen LogP contribution in [0.1, 0.15) is 37.3 Å². The smallest absolute Gasteiger partial charge is 0.119 e. The predicted molar refractivity (Wildman–Crippen MR) is 77.3 cm³/mol. The molecule has 0 saturated carbocycles. The number of fused-ring (bicyclic) bond motifs is 2. The van der Waals surface area contributed by atoms with Crippen LogP contribution in [-0.4, -0.2) is 18.9 Å². The Hall–Kier alpha value is -0.670. The summed E-state index contributed by atoms with van der Waals surface area (Å²) in [6.45, 7) is 3.49. The Morgan fingerprint density at radius 2 is 2.33 bits per heavy atom. The number of benzene rings is 1. The van der Waals surface area contributed by atoms with E-state index in [1.807, 2.05) is 0 Å². The molecular weight excluding hydrogens is 242 g/mol. The number of rotatable bonds is 1. The molecular formula is C15H21NOS. The Morgan fingerprint density at radius 3 is 3.11 bits per heavy atom. The summed E-state index contributed by atoms with van der Waals surface area (Å²) in [5, 5.41) is 4.53. The molecule has 1 heterocycles. The fourth-order valence-corrected chi connectivity index (χ4v) is 4.88. The van der Waals surface area contributed by atoms with Crippen LogP contribution in [0.2, 0.25) is 0 Å². The summed E-state index contributed by atoms with van der Waals surface area (Å²) < 4.78 is 5.35. The molecule has 2 nitrogen and oxygen atoms in total. The minimum absolute atomic E-state index is 0.164. The van der Waals surface area contributed by atoms with Crippen molar-refractivity contribution in [3.63, 3.8) is 0 Å². The van der Waals surface area contributed by atoms with Crippen molar-refractivity contribution in [3.8, 4) is 5.75 Å². The van der Waals surface area contributed by atoms with Crippen molar-refractivity contribution in [2.24, 2.45) is 0 Å². The summed E-state index contributed by atoms with van der Waals surface area (Å²) in [6.07, 6.45) is 4.98. The van der Waals surface area contributed by atoms with E-state index in [4.69, 9.17) is 4.74 Å². The summed E-state index contributed by atoms with van der Waals surface area (Å²) in [5.41, 5.74) is 2.96. The van der Waals surface area contributed by atoms with E-state index in [1.165, 1.54) is 36.8 Å². The molecule has 1 aromatic carbocycles. The van der Waals surface area contributed by atoms with E-state index < -0.39 is 0 Å². The predicted octanol–water partition coefficient (Wildman–Crippen LogP) is 3.30. The number of thioether (sulfide) groups is 1. The quantitative estimate of drug-likeness (QED) is 0.840. The van der Waals surface area contributed by atoms with Crippen LogP contribution in [0.4, 0.5) is 0 Å². The summed E-state index contributed by atoms with van der Waals surface area (Å²) in [6, 6.07) is 6.59. The van der Waals surface area contributed by atoms with Crippen LogP contribution in [-0.2, 0) is 11.3 Å². The maximum absolute atomic E-state index is 5.35. The van der Waals surface area contributed by atoms with Crippen LogP contribution < -0.4 is 10.1 Å². The lowest BCUT2D eigenvalue weighted by Crippen LogP contribution is -2.47. The van der Waals surface area contributed by atoms with Crippen molar-refractivity contribution in [2.75, 3.05) is 13.7 Å². The highest BCUT2D eigenvalue weighted by Crippen LogP contribution is 2.48. The Labute approximate surface area is 113 Å². The van der Waals surface area contributed by atoms with E-state index in [9.17, 15) is 0 Å². The topological polar surface area (TPSA) is 21.3 Å². The lowest BCUT2D eigenvalue weighted by molar-refractivity contribution is 0.389. The molecule has 0 amide bonds. The van der Waals surface area contributed by atoms with Crippen LogP contribution in [0, 0.1) is 0 Å². The molecule has 1 saturated heterocycles. The monoisotopic (exact) mass is 263 g/mol. The largest absolute Gasteiger partial charge is 0.497 e. The van der Waals surface area contributed by atoms with Crippen molar-refractivity contribution in [2.45, 2.75) is 42.7 Å². The first-order chi connectivity index (χ1) is 8.73. The van der Waals surface area contributed by atoms with Crippen LogP contribution in [0.15, 0.2) is 18.2 Å². The van der Waals surface area contributed by atoms with Crippen LogP contribution in [0.5, 0.6) is 5.75 Å². The number of ether oxygens (including phenoxy) is 1. The Bertz CT molecular complexity index is 448. The number of hydrogen-bond acceptors (Lipinski definition) is 3. The lowest BCUT2D eigenvalue weighted by atomic mass is 9.86. The van der Waals surface area contributed by atoms with Gasteiger partial charge in [0, 0.05) is 5.25 Å². The molecule has 3 rings (SSSR count). The van der Waals surface area contributed by atoms with E-state index in [1.54, 1.807) is 7.11 Å². The van der Waals surface area contributed by atoms with Gasteiger partial charge in [0.15, 0.2) is 0 Å². The van der Waals surface area contributed by atoms with Gasteiger partial charge in [-0.25, -0.2) is 0 Å². The fourth-order valence-electron chi connectivity index (χ4n) is 3.19. The molecule has 1 aliphatic heterocycles. The van der Waals surface area contributed by atoms with Crippen molar-refractivity contribution in [3.05, 3.63) is 29.3 Å². The van der Waals surface area contributed by atoms with Gasteiger partial charge < -0.3 is 4.74 Å². The molecule has 2 unspecified atom stereocenters. The number of aryl methyl sites for hydroxylation is 1. The van der Waals surface area contributed by atoms with Gasteiger partial charge in [-0.2, -0.15) is 0 Å². The zero-order valence-electron chi connectivity index (χ0n) is 11.2. The third-order valence-electron chi connectivity index (χ3n) is 4.09.